The lowest BCUT2D eigenvalue weighted by Crippen LogP contribution is -2.15. The summed E-state index contributed by atoms with van der Waals surface area (Å²) in [4.78, 5) is 18.0. The molecular weight excluding hydrogens is 116 g/mol. The summed E-state index contributed by atoms with van der Waals surface area (Å²) in [5.74, 6) is 0. The third kappa shape index (κ3) is 1.22. The van der Waals surface area contributed by atoms with Crippen LogP contribution in [0.5, 0.6) is 0 Å². The Hall–Kier alpha value is -0.990. The van der Waals surface area contributed by atoms with E-state index in [1.54, 1.807) is 12.4 Å². The van der Waals surface area contributed by atoms with Crippen molar-refractivity contribution in [3.63, 3.8) is 0 Å². The normalized spacial score (nSPS) is 20.6. The number of hydrogen-bond donors (Lipinski definition) is 0. The standard InChI is InChI=1S/C6H8N2O/c1-6(2-5-9)7-3-4-8-6/h3-5H,2H2,1H3. The van der Waals surface area contributed by atoms with Crippen molar-refractivity contribution in [3.8, 4) is 0 Å². The maximum Gasteiger partial charge on any atom is 0.153 e. The highest BCUT2D eigenvalue weighted by atomic mass is 16.1. The van der Waals surface area contributed by atoms with Gasteiger partial charge in [0, 0.05) is 18.9 Å². The molecule has 0 aromatic rings. The maximum absolute atomic E-state index is 10.0. The first kappa shape index (κ1) is 6.13. The van der Waals surface area contributed by atoms with Crippen LogP contribution in [-0.4, -0.2) is 24.4 Å². The summed E-state index contributed by atoms with van der Waals surface area (Å²) in [5, 5.41) is 0. The predicted molar refractivity (Wildman–Crippen MR) is 36.1 cm³/mol. The molecule has 0 unspecified atom stereocenters. The van der Waals surface area contributed by atoms with E-state index < -0.39 is 5.66 Å². The van der Waals surface area contributed by atoms with E-state index in [-0.39, 0.29) is 0 Å². The molecule has 0 aromatic carbocycles. The van der Waals surface area contributed by atoms with Crippen molar-refractivity contribution in [2.75, 3.05) is 0 Å². The molecule has 0 saturated heterocycles. The lowest BCUT2D eigenvalue weighted by molar-refractivity contribution is -0.108. The van der Waals surface area contributed by atoms with Crippen molar-refractivity contribution in [2.45, 2.75) is 19.0 Å². The highest BCUT2D eigenvalue weighted by molar-refractivity contribution is 6.17. The Bertz CT molecular complexity index is 160. The average molecular weight is 124 g/mol. The molecule has 0 fully saturated rings. The van der Waals surface area contributed by atoms with E-state index in [1.807, 2.05) is 6.92 Å². The zero-order valence-electron chi connectivity index (χ0n) is 5.24. The largest absolute Gasteiger partial charge is 0.303 e. The van der Waals surface area contributed by atoms with Crippen molar-refractivity contribution in [1.82, 2.24) is 0 Å². The summed E-state index contributed by atoms with van der Waals surface area (Å²) >= 11 is 0. The molecule has 0 bridgehead atoms. The van der Waals surface area contributed by atoms with Gasteiger partial charge in [0.2, 0.25) is 0 Å². The number of carbonyl (C=O) groups excluding carboxylic acids is 1. The molecule has 9 heavy (non-hydrogen) atoms. The maximum atomic E-state index is 10.0. The van der Waals surface area contributed by atoms with Crippen molar-refractivity contribution in [2.24, 2.45) is 9.98 Å². The lowest BCUT2D eigenvalue weighted by atomic mass is 10.2. The first-order valence-corrected chi connectivity index (χ1v) is 2.79. The van der Waals surface area contributed by atoms with Crippen LogP contribution in [0.1, 0.15) is 13.3 Å². The predicted octanol–water partition coefficient (Wildman–Crippen LogP) is 0.447. The van der Waals surface area contributed by atoms with Gasteiger partial charge in [-0.25, -0.2) is 0 Å². The van der Waals surface area contributed by atoms with Crippen molar-refractivity contribution in [1.29, 1.82) is 0 Å². The lowest BCUT2D eigenvalue weighted by Gasteiger charge is -2.11. The van der Waals surface area contributed by atoms with Crippen LogP contribution in [0.25, 0.3) is 0 Å². The molecule has 0 aliphatic carbocycles. The van der Waals surface area contributed by atoms with Gasteiger partial charge in [-0.1, -0.05) is 0 Å². The fraction of sp³-hybridized carbons (Fsp3) is 0.500. The first-order valence-electron chi connectivity index (χ1n) is 2.79. The van der Waals surface area contributed by atoms with Gasteiger partial charge < -0.3 is 4.79 Å². The van der Waals surface area contributed by atoms with E-state index in [0.717, 1.165) is 6.29 Å². The Balaban J connectivity index is 2.63. The van der Waals surface area contributed by atoms with Crippen LogP contribution in [0, 0.1) is 0 Å². The Morgan fingerprint density at radius 3 is 2.56 bits per heavy atom. The van der Waals surface area contributed by atoms with Gasteiger partial charge in [-0.15, -0.1) is 0 Å². The van der Waals surface area contributed by atoms with Gasteiger partial charge in [-0.2, -0.15) is 0 Å². The minimum absolute atomic E-state index is 0.375. The Kier molecular flexibility index (Phi) is 1.42. The van der Waals surface area contributed by atoms with Crippen LogP contribution < -0.4 is 0 Å². The van der Waals surface area contributed by atoms with E-state index >= 15 is 0 Å². The second kappa shape index (κ2) is 2.09. The monoisotopic (exact) mass is 124 g/mol. The van der Waals surface area contributed by atoms with E-state index in [1.165, 1.54) is 0 Å². The number of rotatable bonds is 2. The molecule has 0 saturated carbocycles. The molecule has 1 aliphatic heterocycles. The molecule has 0 N–H and O–H groups in total. The van der Waals surface area contributed by atoms with Gasteiger partial charge in [0.15, 0.2) is 5.66 Å². The Morgan fingerprint density at radius 1 is 1.56 bits per heavy atom. The minimum atomic E-state index is -0.484. The fourth-order valence-corrected chi connectivity index (χ4v) is 0.684. The van der Waals surface area contributed by atoms with Gasteiger partial charge in [-0.05, 0) is 6.92 Å². The second-order valence-electron chi connectivity index (χ2n) is 2.14. The summed E-state index contributed by atoms with van der Waals surface area (Å²) in [6.07, 6.45) is 4.44. The smallest absolute Gasteiger partial charge is 0.153 e. The zero-order chi connectivity index (χ0) is 6.74. The van der Waals surface area contributed by atoms with E-state index in [9.17, 15) is 4.79 Å². The molecule has 1 rings (SSSR count). The van der Waals surface area contributed by atoms with Gasteiger partial charge in [-0.3, -0.25) is 9.98 Å². The minimum Gasteiger partial charge on any atom is -0.303 e. The Morgan fingerprint density at radius 2 is 2.11 bits per heavy atom. The quantitative estimate of drug-likeness (QED) is 0.492. The SMILES string of the molecule is CC1(CC=O)N=CC=N1. The summed E-state index contributed by atoms with van der Waals surface area (Å²) < 4.78 is 0. The van der Waals surface area contributed by atoms with Crippen LogP contribution in [0.3, 0.4) is 0 Å². The third-order valence-electron chi connectivity index (χ3n) is 1.24. The van der Waals surface area contributed by atoms with Gasteiger partial charge in [0.25, 0.3) is 0 Å². The van der Waals surface area contributed by atoms with E-state index in [4.69, 9.17) is 0 Å². The number of aldehydes is 1. The first-order chi connectivity index (χ1) is 4.27. The molecule has 1 aliphatic rings. The number of nitrogens with zero attached hydrogens (tertiary/aromatic N) is 2. The summed E-state index contributed by atoms with van der Waals surface area (Å²) in [6, 6.07) is 0. The molecule has 0 aromatic heterocycles. The summed E-state index contributed by atoms with van der Waals surface area (Å²) in [7, 11) is 0. The molecule has 3 nitrogen and oxygen atoms in total. The third-order valence-corrected chi connectivity index (χ3v) is 1.24. The molecule has 1 heterocycles. The fourth-order valence-electron chi connectivity index (χ4n) is 0.684. The number of hydrogen-bond acceptors (Lipinski definition) is 3. The molecule has 0 spiro atoms. The van der Waals surface area contributed by atoms with Crippen LogP contribution >= 0.6 is 0 Å². The van der Waals surface area contributed by atoms with Crippen LogP contribution in [-0.2, 0) is 4.79 Å². The number of aliphatic imine (C=N–C) groups is 2. The van der Waals surface area contributed by atoms with Crippen molar-refractivity contribution >= 4 is 18.7 Å². The van der Waals surface area contributed by atoms with Gasteiger partial charge in [0.1, 0.15) is 6.29 Å². The summed E-state index contributed by atoms with van der Waals surface area (Å²) in [6.45, 7) is 1.82. The number of carbonyl (C=O) groups is 1. The highest BCUT2D eigenvalue weighted by Crippen LogP contribution is 2.16. The van der Waals surface area contributed by atoms with Crippen LogP contribution in [0.2, 0.25) is 0 Å². The van der Waals surface area contributed by atoms with E-state index in [0.29, 0.717) is 6.42 Å². The van der Waals surface area contributed by atoms with E-state index in [2.05, 4.69) is 9.98 Å². The molecular formula is C6H8N2O. The molecule has 0 radical (unpaired) electrons. The van der Waals surface area contributed by atoms with Gasteiger partial charge >= 0.3 is 0 Å². The van der Waals surface area contributed by atoms with Crippen molar-refractivity contribution < 1.29 is 4.79 Å². The zero-order valence-corrected chi connectivity index (χ0v) is 5.24. The van der Waals surface area contributed by atoms with Crippen LogP contribution in [0.15, 0.2) is 9.98 Å². The molecule has 0 amide bonds. The molecule has 0 atom stereocenters. The van der Waals surface area contributed by atoms with Crippen LogP contribution in [0.4, 0.5) is 0 Å². The second-order valence-corrected chi connectivity index (χ2v) is 2.14. The molecule has 48 valence electrons. The highest BCUT2D eigenvalue weighted by Gasteiger charge is 2.21. The van der Waals surface area contributed by atoms with Crippen molar-refractivity contribution in [3.05, 3.63) is 0 Å². The molecule has 3 heteroatoms. The topological polar surface area (TPSA) is 41.8 Å². The average Bonchev–Trinajstić information content (AvgIpc) is 2.16. The summed E-state index contributed by atoms with van der Waals surface area (Å²) in [5.41, 5.74) is -0.484. The Labute approximate surface area is 53.5 Å². The van der Waals surface area contributed by atoms with Gasteiger partial charge in [0.05, 0.1) is 0 Å².